The lowest BCUT2D eigenvalue weighted by Gasteiger charge is -2.50. The average molecular weight is 243 g/mol. The van der Waals surface area contributed by atoms with Crippen LogP contribution in [0.4, 0.5) is 0 Å². The van der Waals surface area contributed by atoms with E-state index in [0.717, 1.165) is 18.4 Å². The van der Waals surface area contributed by atoms with Crippen LogP contribution < -0.4 is 5.32 Å². The molecule has 1 heterocycles. The maximum atomic E-state index is 5.65. The molecule has 94 valence electrons. The molecule has 0 aromatic carbocycles. The number of hydrogen-bond acceptors (Lipinski definition) is 3. The molecule has 2 aliphatic rings. The van der Waals surface area contributed by atoms with Crippen molar-refractivity contribution in [3.05, 3.63) is 0 Å². The predicted molar refractivity (Wildman–Crippen MR) is 67.6 cm³/mol. The summed E-state index contributed by atoms with van der Waals surface area (Å²) in [4.78, 5) is 0. The maximum absolute atomic E-state index is 5.65. The van der Waals surface area contributed by atoms with E-state index in [1.54, 1.807) is 14.2 Å². The zero-order chi connectivity index (χ0) is 11.6. The van der Waals surface area contributed by atoms with E-state index in [9.17, 15) is 0 Å². The Bertz CT molecular complexity index is 233. The van der Waals surface area contributed by atoms with Gasteiger partial charge in [-0.05, 0) is 38.1 Å². The van der Waals surface area contributed by atoms with Crippen molar-refractivity contribution in [2.45, 2.75) is 44.2 Å². The quantitative estimate of drug-likeness (QED) is 0.764. The topological polar surface area (TPSA) is 30.5 Å². The van der Waals surface area contributed by atoms with Crippen molar-refractivity contribution in [2.24, 2.45) is 11.8 Å². The van der Waals surface area contributed by atoms with Crippen LogP contribution in [0.1, 0.15) is 39.0 Å². The van der Waals surface area contributed by atoms with Gasteiger partial charge in [-0.1, -0.05) is 19.3 Å². The summed E-state index contributed by atoms with van der Waals surface area (Å²) in [5.41, 5.74) is 0. The summed E-state index contributed by atoms with van der Waals surface area (Å²) in [6.45, 7) is 3.47. The zero-order valence-electron chi connectivity index (χ0n) is 10.8. The number of hydrogen-bond donors (Lipinski definition) is 1. The van der Waals surface area contributed by atoms with Crippen molar-refractivity contribution in [3.63, 3.8) is 0 Å². The van der Waals surface area contributed by atoms with Gasteiger partial charge in [0.15, 0.2) is 0 Å². The molecular weight excluding hydrogens is 218 g/mol. The molecule has 0 spiro atoms. The van der Waals surface area contributed by atoms with Crippen LogP contribution in [0.2, 0.25) is 0 Å². The smallest absolute Gasteiger partial charge is 0.341 e. The van der Waals surface area contributed by atoms with E-state index in [1.807, 2.05) is 0 Å². The number of piperidine rings is 1. The van der Waals surface area contributed by atoms with Crippen LogP contribution in [0, 0.1) is 11.8 Å². The average Bonchev–Trinajstić information content (AvgIpc) is 2.31. The second kappa shape index (κ2) is 5.17. The van der Waals surface area contributed by atoms with Gasteiger partial charge in [0.25, 0.3) is 0 Å². The predicted octanol–water partition coefficient (Wildman–Crippen LogP) is 1.60. The minimum absolute atomic E-state index is 0.132. The van der Waals surface area contributed by atoms with Gasteiger partial charge in [-0.15, -0.1) is 0 Å². The Morgan fingerprint density at radius 3 is 2.50 bits per heavy atom. The van der Waals surface area contributed by atoms with E-state index in [1.165, 1.54) is 32.1 Å². The van der Waals surface area contributed by atoms with E-state index in [2.05, 4.69) is 12.2 Å². The van der Waals surface area contributed by atoms with Crippen molar-refractivity contribution in [1.29, 1.82) is 0 Å². The second-order valence-electron chi connectivity index (χ2n) is 5.45. The molecule has 1 aliphatic heterocycles. The molecule has 1 N–H and O–H groups in total. The van der Waals surface area contributed by atoms with Crippen molar-refractivity contribution in [2.75, 3.05) is 20.8 Å². The van der Waals surface area contributed by atoms with Crippen molar-refractivity contribution in [1.82, 2.24) is 5.32 Å². The van der Waals surface area contributed by atoms with Crippen LogP contribution in [0.25, 0.3) is 0 Å². The van der Waals surface area contributed by atoms with Gasteiger partial charge in [-0.2, -0.15) is 0 Å². The van der Waals surface area contributed by atoms with Gasteiger partial charge in [0.05, 0.1) is 5.16 Å². The van der Waals surface area contributed by atoms with Gasteiger partial charge in [-0.3, -0.25) is 0 Å². The molecule has 16 heavy (non-hydrogen) atoms. The molecule has 2 rings (SSSR count). The van der Waals surface area contributed by atoms with Crippen LogP contribution in [-0.2, 0) is 8.85 Å². The van der Waals surface area contributed by atoms with Crippen LogP contribution in [0.3, 0.4) is 0 Å². The Morgan fingerprint density at radius 1 is 1.12 bits per heavy atom. The lowest BCUT2D eigenvalue weighted by Crippen LogP contribution is -2.66. The third-order valence-corrected chi connectivity index (χ3v) is 7.09. The Kier molecular flexibility index (Phi) is 4.05. The molecule has 3 unspecified atom stereocenters. The molecule has 3 atom stereocenters. The summed E-state index contributed by atoms with van der Waals surface area (Å²) in [5, 5.41) is 3.84. The lowest BCUT2D eigenvalue weighted by atomic mass is 9.71. The SMILES string of the molecule is CO[SiH](OC)C1(C)NCCC2CCCCC21. The molecule has 4 heteroatoms. The van der Waals surface area contributed by atoms with Crippen molar-refractivity contribution < 1.29 is 8.85 Å². The fourth-order valence-corrected chi connectivity index (χ4v) is 6.12. The Labute approximate surface area is 101 Å². The zero-order valence-corrected chi connectivity index (χ0v) is 11.9. The minimum Gasteiger partial charge on any atom is -0.399 e. The third-order valence-electron chi connectivity index (χ3n) is 4.62. The first kappa shape index (κ1) is 12.6. The highest BCUT2D eigenvalue weighted by Crippen LogP contribution is 2.42. The summed E-state index contributed by atoms with van der Waals surface area (Å²) in [6, 6.07) is 0. The molecule has 1 aliphatic carbocycles. The van der Waals surface area contributed by atoms with Crippen LogP contribution in [-0.4, -0.2) is 35.2 Å². The van der Waals surface area contributed by atoms with Gasteiger partial charge in [-0.25, -0.2) is 0 Å². The summed E-state index contributed by atoms with van der Waals surface area (Å²) in [7, 11) is 2.02. The Balaban J connectivity index is 2.16. The molecule has 0 aromatic rings. The van der Waals surface area contributed by atoms with Crippen LogP contribution in [0.15, 0.2) is 0 Å². The van der Waals surface area contributed by atoms with Gasteiger partial charge in [0.2, 0.25) is 0 Å². The van der Waals surface area contributed by atoms with Gasteiger partial charge in [0.1, 0.15) is 0 Å². The fourth-order valence-electron chi connectivity index (χ4n) is 3.84. The molecule has 1 saturated carbocycles. The van der Waals surface area contributed by atoms with E-state index >= 15 is 0 Å². The summed E-state index contributed by atoms with van der Waals surface area (Å²) in [5.74, 6) is 1.67. The number of nitrogens with one attached hydrogen (secondary N) is 1. The number of fused-ring (bicyclic) bond motifs is 1. The van der Waals surface area contributed by atoms with Crippen LogP contribution >= 0.6 is 0 Å². The molecule has 2 fully saturated rings. The molecule has 1 saturated heterocycles. The molecule has 3 nitrogen and oxygen atoms in total. The Hall–Kier alpha value is 0.0969. The van der Waals surface area contributed by atoms with Gasteiger partial charge >= 0.3 is 9.28 Å². The van der Waals surface area contributed by atoms with E-state index < -0.39 is 9.28 Å². The first-order chi connectivity index (χ1) is 7.72. The number of rotatable bonds is 3. The van der Waals surface area contributed by atoms with Crippen molar-refractivity contribution >= 4 is 9.28 Å². The largest absolute Gasteiger partial charge is 0.399 e. The van der Waals surface area contributed by atoms with Crippen LogP contribution in [0.5, 0.6) is 0 Å². The fraction of sp³-hybridized carbons (Fsp3) is 1.00. The van der Waals surface area contributed by atoms with Gasteiger partial charge in [0, 0.05) is 14.2 Å². The summed E-state index contributed by atoms with van der Waals surface area (Å²) < 4.78 is 11.3. The van der Waals surface area contributed by atoms with E-state index in [4.69, 9.17) is 8.85 Å². The highest BCUT2D eigenvalue weighted by atomic mass is 28.3. The highest BCUT2D eigenvalue weighted by Gasteiger charge is 2.49. The minimum atomic E-state index is -1.59. The van der Waals surface area contributed by atoms with Gasteiger partial charge < -0.3 is 14.2 Å². The lowest BCUT2D eigenvalue weighted by molar-refractivity contribution is 0.0840. The third kappa shape index (κ3) is 2.08. The summed E-state index contributed by atoms with van der Waals surface area (Å²) >= 11 is 0. The highest BCUT2D eigenvalue weighted by molar-refractivity contribution is 6.48. The standard InChI is InChI=1S/C12H25NO2Si/c1-12(16(14-2)15-3)11-7-5-4-6-10(11)8-9-13-12/h10-11,13,16H,4-9H2,1-3H3. The first-order valence-electron chi connectivity index (χ1n) is 6.53. The molecule has 0 aromatic heterocycles. The first-order valence-corrected chi connectivity index (χ1v) is 8.05. The summed E-state index contributed by atoms with van der Waals surface area (Å²) in [6.07, 6.45) is 6.91. The monoisotopic (exact) mass is 243 g/mol. The normalized spacial score (nSPS) is 39.8. The molecular formula is C12H25NO2Si. The second-order valence-corrected chi connectivity index (χ2v) is 8.26. The molecule has 0 radical (unpaired) electrons. The Morgan fingerprint density at radius 2 is 1.81 bits per heavy atom. The maximum Gasteiger partial charge on any atom is 0.341 e. The van der Waals surface area contributed by atoms with E-state index in [0.29, 0.717) is 0 Å². The van der Waals surface area contributed by atoms with Crippen molar-refractivity contribution in [3.8, 4) is 0 Å². The molecule has 0 bridgehead atoms. The molecule has 0 amide bonds. The van der Waals surface area contributed by atoms with E-state index in [-0.39, 0.29) is 5.16 Å².